The fraction of sp³-hybridized carbons (Fsp3) is 1.00. The van der Waals surface area contributed by atoms with Gasteiger partial charge in [0.2, 0.25) is 0 Å². The zero-order valence-corrected chi connectivity index (χ0v) is 11.6. The summed E-state index contributed by atoms with van der Waals surface area (Å²) in [4.78, 5) is 5.15. The van der Waals surface area contributed by atoms with Crippen LogP contribution in [-0.2, 0) is 0 Å². The smallest absolute Gasteiger partial charge is 0.0616 e. The minimum Gasteiger partial charge on any atom is -0.394 e. The molecule has 3 saturated heterocycles. The van der Waals surface area contributed by atoms with Crippen molar-refractivity contribution in [3.05, 3.63) is 0 Å². The van der Waals surface area contributed by atoms with Gasteiger partial charge in [-0.2, -0.15) is 0 Å². The SMILES string of the molecule is CN1C2CCC1CC(CO)(N1CCCNCC1)C2. The van der Waals surface area contributed by atoms with E-state index >= 15 is 0 Å². The van der Waals surface area contributed by atoms with Crippen LogP contribution in [0, 0.1) is 0 Å². The van der Waals surface area contributed by atoms with Gasteiger partial charge in [0.1, 0.15) is 0 Å². The van der Waals surface area contributed by atoms with Gasteiger partial charge in [-0.3, -0.25) is 4.90 Å². The zero-order chi connectivity index (χ0) is 12.6. The average Bonchev–Trinajstić information content (AvgIpc) is 2.67. The number of piperidine rings is 1. The average molecular weight is 253 g/mol. The summed E-state index contributed by atoms with van der Waals surface area (Å²) >= 11 is 0. The van der Waals surface area contributed by atoms with Crippen molar-refractivity contribution in [1.82, 2.24) is 15.1 Å². The van der Waals surface area contributed by atoms with E-state index in [0.717, 1.165) is 39.0 Å². The molecule has 3 heterocycles. The molecule has 18 heavy (non-hydrogen) atoms. The van der Waals surface area contributed by atoms with Crippen LogP contribution in [0.4, 0.5) is 0 Å². The molecule has 0 aromatic rings. The van der Waals surface area contributed by atoms with Crippen LogP contribution >= 0.6 is 0 Å². The van der Waals surface area contributed by atoms with Gasteiger partial charge >= 0.3 is 0 Å². The van der Waals surface area contributed by atoms with Crippen molar-refractivity contribution < 1.29 is 5.11 Å². The van der Waals surface area contributed by atoms with Crippen molar-refractivity contribution in [1.29, 1.82) is 0 Å². The summed E-state index contributed by atoms with van der Waals surface area (Å²) in [6.07, 6.45) is 6.20. The lowest BCUT2D eigenvalue weighted by atomic mass is 9.81. The Morgan fingerprint density at radius 3 is 2.56 bits per heavy atom. The molecule has 3 aliphatic heterocycles. The van der Waals surface area contributed by atoms with Gasteiger partial charge in [-0.25, -0.2) is 0 Å². The van der Waals surface area contributed by atoms with E-state index in [1.807, 2.05) is 0 Å². The third-order valence-corrected chi connectivity index (χ3v) is 5.52. The first kappa shape index (κ1) is 12.9. The van der Waals surface area contributed by atoms with E-state index < -0.39 is 0 Å². The third-order valence-electron chi connectivity index (χ3n) is 5.52. The maximum Gasteiger partial charge on any atom is 0.0616 e. The maximum atomic E-state index is 10.1. The second kappa shape index (κ2) is 5.08. The predicted molar refractivity (Wildman–Crippen MR) is 72.7 cm³/mol. The highest BCUT2D eigenvalue weighted by molar-refractivity contribution is 5.06. The summed E-state index contributed by atoms with van der Waals surface area (Å²) in [5.74, 6) is 0. The summed E-state index contributed by atoms with van der Waals surface area (Å²) in [5.41, 5.74) is 0.0738. The monoisotopic (exact) mass is 253 g/mol. The standard InChI is InChI=1S/C14H27N3O/c1-16-12-3-4-13(16)10-14(9-12,11-18)17-7-2-5-15-6-8-17/h12-13,15,18H,2-11H2,1H3. The molecule has 2 atom stereocenters. The van der Waals surface area contributed by atoms with Gasteiger partial charge in [-0.05, 0) is 45.7 Å². The molecule has 2 N–H and O–H groups in total. The summed E-state index contributed by atoms with van der Waals surface area (Å²) < 4.78 is 0. The Labute approximate surface area is 110 Å². The molecule has 0 spiro atoms. The van der Waals surface area contributed by atoms with Gasteiger partial charge in [0.15, 0.2) is 0 Å². The van der Waals surface area contributed by atoms with Crippen LogP contribution in [0.1, 0.15) is 32.1 Å². The van der Waals surface area contributed by atoms with Crippen LogP contribution in [0.3, 0.4) is 0 Å². The molecule has 3 fully saturated rings. The Bertz CT molecular complexity index is 275. The zero-order valence-electron chi connectivity index (χ0n) is 11.6. The van der Waals surface area contributed by atoms with Gasteiger partial charge in [-0.1, -0.05) is 0 Å². The molecule has 2 bridgehead atoms. The van der Waals surface area contributed by atoms with E-state index in [1.165, 1.54) is 19.3 Å². The Morgan fingerprint density at radius 1 is 1.17 bits per heavy atom. The topological polar surface area (TPSA) is 38.7 Å². The first-order valence-corrected chi connectivity index (χ1v) is 7.54. The molecule has 2 unspecified atom stereocenters. The predicted octanol–water partition coefficient (Wildman–Crippen LogP) is 0.269. The molecule has 104 valence electrons. The van der Waals surface area contributed by atoms with E-state index in [1.54, 1.807) is 0 Å². The number of aliphatic hydroxyl groups is 1. The molecule has 3 aliphatic rings. The lowest BCUT2D eigenvalue weighted by molar-refractivity contribution is -0.0364. The lowest BCUT2D eigenvalue weighted by Gasteiger charge is -2.50. The molecular weight excluding hydrogens is 226 g/mol. The highest BCUT2D eigenvalue weighted by Crippen LogP contribution is 2.42. The molecule has 4 heteroatoms. The minimum atomic E-state index is 0.0738. The van der Waals surface area contributed by atoms with Crippen molar-refractivity contribution in [2.45, 2.75) is 49.7 Å². The van der Waals surface area contributed by atoms with Crippen LogP contribution in [0.5, 0.6) is 0 Å². The molecule has 0 radical (unpaired) electrons. The van der Waals surface area contributed by atoms with Crippen LogP contribution in [0.15, 0.2) is 0 Å². The molecule has 4 nitrogen and oxygen atoms in total. The Morgan fingerprint density at radius 2 is 1.89 bits per heavy atom. The second-order valence-corrected chi connectivity index (χ2v) is 6.43. The van der Waals surface area contributed by atoms with Gasteiger partial charge < -0.3 is 15.3 Å². The van der Waals surface area contributed by atoms with Crippen molar-refractivity contribution in [2.24, 2.45) is 0 Å². The first-order chi connectivity index (χ1) is 8.75. The number of nitrogens with zero attached hydrogens (tertiary/aromatic N) is 2. The van der Waals surface area contributed by atoms with E-state index in [4.69, 9.17) is 0 Å². The molecule has 0 aliphatic carbocycles. The van der Waals surface area contributed by atoms with E-state index in [2.05, 4.69) is 22.2 Å². The molecule has 3 rings (SSSR count). The Balaban J connectivity index is 1.77. The van der Waals surface area contributed by atoms with Gasteiger partial charge in [-0.15, -0.1) is 0 Å². The van der Waals surface area contributed by atoms with Crippen LogP contribution in [0.2, 0.25) is 0 Å². The Hall–Kier alpha value is -0.160. The number of nitrogens with one attached hydrogen (secondary N) is 1. The number of rotatable bonds is 2. The maximum absolute atomic E-state index is 10.1. The first-order valence-electron chi connectivity index (χ1n) is 7.54. The number of hydrogen-bond donors (Lipinski definition) is 2. The van der Waals surface area contributed by atoms with Gasteiger partial charge in [0.05, 0.1) is 6.61 Å². The quantitative estimate of drug-likeness (QED) is 0.741. The second-order valence-electron chi connectivity index (χ2n) is 6.43. The third kappa shape index (κ3) is 2.09. The lowest BCUT2D eigenvalue weighted by Crippen LogP contribution is -2.61. The molecule has 0 amide bonds. The summed E-state index contributed by atoms with van der Waals surface area (Å²) in [7, 11) is 2.27. The van der Waals surface area contributed by atoms with E-state index in [-0.39, 0.29) is 5.54 Å². The Kier molecular flexibility index (Phi) is 3.63. The fourth-order valence-corrected chi connectivity index (χ4v) is 4.35. The summed E-state index contributed by atoms with van der Waals surface area (Å²) in [5, 5.41) is 13.5. The van der Waals surface area contributed by atoms with Crippen molar-refractivity contribution in [2.75, 3.05) is 39.8 Å². The molecule has 0 aromatic heterocycles. The highest BCUT2D eigenvalue weighted by Gasteiger charge is 2.49. The molecule has 0 saturated carbocycles. The van der Waals surface area contributed by atoms with E-state index in [0.29, 0.717) is 18.7 Å². The fourth-order valence-electron chi connectivity index (χ4n) is 4.35. The number of aliphatic hydroxyl groups excluding tert-OH is 1. The van der Waals surface area contributed by atoms with Crippen molar-refractivity contribution >= 4 is 0 Å². The van der Waals surface area contributed by atoms with Gasteiger partial charge in [0, 0.05) is 37.3 Å². The van der Waals surface area contributed by atoms with E-state index in [9.17, 15) is 5.11 Å². The largest absolute Gasteiger partial charge is 0.394 e. The van der Waals surface area contributed by atoms with Crippen LogP contribution < -0.4 is 5.32 Å². The number of hydrogen-bond acceptors (Lipinski definition) is 4. The van der Waals surface area contributed by atoms with Crippen LogP contribution in [0.25, 0.3) is 0 Å². The highest BCUT2D eigenvalue weighted by atomic mass is 16.3. The normalized spacial score (nSPS) is 43.0. The molecule has 0 aromatic carbocycles. The summed E-state index contributed by atoms with van der Waals surface area (Å²) in [6, 6.07) is 1.40. The molecular formula is C14H27N3O. The summed E-state index contributed by atoms with van der Waals surface area (Å²) in [6.45, 7) is 4.80. The van der Waals surface area contributed by atoms with Crippen molar-refractivity contribution in [3.8, 4) is 0 Å². The van der Waals surface area contributed by atoms with Crippen molar-refractivity contribution in [3.63, 3.8) is 0 Å². The van der Waals surface area contributed by atoms with Crippen LogP contribution in [-0.4, -0.2) is 72.4 Å². The minimum absolute atomic E-state index is 0.0738. The van der Waals surface area contributed by atoms with Gasteiger partial charge in [0.25, 0.3) is 0 Å². The number of fused-ring (bicyclic) bond motifs is 2.